The molecule has 0 unspecified atom stereocenters. The summed E-state index contributed by atoms with van der Waals surface area (Å²) in [7, 11) is 1.64. The van der Waals surface area contributed by atoms with Gasteiger partial charge in [0.05, 0.1) is 18.8 Å². The highest BCUT2D eigenvalue weighted by molar-refractivity contribution is 6.30. The number of fused-ring (bicyclic) bond motifs is 1. The van der Waals surface area contributed by atoms with Crippen molar-refractivity contribution >= 4 is 23.2 Å². The number of hydrogen-bond acceptors (Lipinski definition) is 3. The van der Waals surface area contributed by atoms with Crippen molar-refractivity contribution in [3.8, 4) is 17.0 Å². The Balaban J connectivity index is 1.72. The third-order valence-electron chi connectivity index (χ3n) is 5.61. The molecule has 4 aromatic rings. The van der Waals surface area contributed by atoms with E-state index in [1.54, 1.807) is 7.11 Å². The molecule has 5 rings (SSSR count). The molecule has 0 radical (unpaired) electrons. The minimum absolute atomic E-state index is 0.112. The van der Waals surface area contributed by atoms with E-state index in [2.05, 4.69) is 10.2 Å². The van der Waals surface area contributed by atoms with Crippen molar-refractivity contribution in [3.63, 3.8) is 0 Å². The third-order valence-corrected chi connectivity index (χ3v) is 5.86. The minimum atomic E-state index is -0.343. The van der Waals surface area contributed by atoms with Crippen LogP contribution in [0.3, 0.4) is 0 Å². The van der Waals surface area contributed by atoms with Gasteiger partial charge in [0.1, 0.15) is 11.4 Å². The molecule has 1 atom stereocenters. The maximum absolute atomic E-state index is 13.5. The van der Waals surface area contributed by atoms with Crippen LogP contribution in [0.15, 0.2) is 72.8 Å². The zero-order valence-corrected chi connectivity index (χ0v) is 17.9. The lowest BCUT2D eigenvalue weighted by Gasteiger charge is -2.27. The number of amides is 1. The quantitative estimate of drug-likeness (QED) is 0.446. The largest absolute Gasteiger partial charge is 0.497 e. The first-order chi connectivity index (χ1) is 15.1. The highest BCUT2D eigenvalue weighted by Crippen LogP contribution is 2.45. The normalized spacial score (nSPS) is 15.3. The highest BCUT2D eigenvalue weighted by atomic mass is 35.5. The van der Waals surface area contributed by atoms with E-state index in [1.807, 2.05) is 84.6 Å². The fourth-order valence-electron chi connectivity index (χ4n) is 4.07. The number of benzene rings is 3. The number of methoxy groups -OCH3 is 1. The molecule has 0 saturated heterocycles. The summed E-state index contributed by atoms with van der Waals surface area (Å²) >= 11 is 6.08. The molecule has 0 fully saturated rings. The van der Waals surface area contributed by atoms with Crippen molar-refractivity contribution < 1.29 is 9.53 Å². The number of carbonyl (C=O) groups excluding carboxylic acids is 1. The molecule has 0 aliphatic carbocycles. The Kier molecular flexibility index (Phi) is 4.75. The minimum Gasteiger partial charge on any atom is -0.497 e. The van der Waals surface area contributed by atoms with Gasteiger partial charge in [-0.1, -0.05) is 53.6 Å². The van der Waals surface area contributed by atoms with Crippen molar-refractivity contribution in [1.29, 1.82) is 0 Å². The molecular weight excluding hydrogens is 410 g/mol. The van der Waals surface area contributed by atoms with E-state index < -0.39 is 0 Å². The van der Waals surface area contributed by atoms with Crippen LogP contribution in [0.1, 0.15) is 33.2 Å². The second-order valence-electron chi connectivity index (χ2n) is 7.56. The first-order valence-electron chi connectivity index (χ1n) is 9.95. The summed E-state index contributed by atoms with van der Waals surface area (Å²) in [6.45, 7) is 2.03. The van der Waals surface area contributed by atoms with E-state index >= 15 is 0 Å². The number of aryl methyl sites for hydroxylation is 1. The number of carbonyl (C=O) groups is 1. The van der Waals surface area contributed by atoms with Crippen molar-refractivity contribution in [3.05, 3.63) is 100 Å². The monoisotopic (exact) mass is 429 g/mol. The van der Waals surface area contributed by atoms with Crippen LogP contribution in [0.2, 0.25) is 5.02 Å². The molecule has 154 valence electrons. The van der Waals surface area contributed by atoms with Crippen molar-refractivity contribution in [2.45, 2.75) is 13.0 Å². The Morgan fingerprint density at radius 1 is 1.03 bits per heavy atom. The number of nitrogens with zero attached hydrogens (tertiary/aromatic N) is 2. The van der Waals surface area contributed by atoms with Crippen LogP contribution < -0.4 is 9.64 Å². The third kappa shape index (κ3) is 3.27. The maximum atomic E-state index is 13.5. The number of H-pyrrole nitrogens is 1. The van der Waals surface area contributed by atoms with Crippen LogP contribution in [0.25, 0.3) is 11.3 Å². The Labute approximate surface area is 185 Å². The van der Waals surface area contributed by atoms with Gasteiger partial charge in [0.25, 0.3) is 5.91 Å². The molecule has 3 aromatic carbocycles. The van der Waals surface area contributed by atoms with Crippen molar-refractivity contribution in [2.75, 3.05) is 12.0 Å². The molecular formula is C25H20ClN3O2. The Hall–Kier alpha value is -3.57. The summed E-state index contributed by atoms with van der Waals surface area (Å²) in [6, 6.07) is 22.9. The number of halogens is 1. The number of aromatic amines is 1. The predicted octanol–water partition coefficient (Wildman–Crippen LogP) is 5.80. The fraction of sp³-hybridized carbons (Fsp3) is 0.120. The lowest BCUT2D eigenvalue weighted by atomic mass is 9.95. The van der Waals surface area contributed by atoms with Crippen LogP contribution in [-0.4, -0.2) is 23.2 Å². The van der Waals surface area contributed by atoms with Gasteiger partial charge in [-0.05, 0) is 48.9 Å². The highest BCUT2D eigenvalue weighted by Gasteiger charge is 2.43. The number of hydrogen-bond donors (Lipinski definition) is 1. The van der Waals surface area contributed by atoms with Crippen LogP contribution in [0.5, 0.6) is 5.75 Å². The summed E-state index contributed by atoms with van der Waals surface area (Å²) < 4.78 is 5.45. The molecule has 1 aromatic heterocycles. The van der Waals surface area contributed by atoms with Gasteiger partial charge in [-0.2, -0.15) is 5.10 Å². The standard InChI is InChI=1S/C25H20ClN3O2/c1-15-6-12-19(13-7-15)29-24(17-4-3-5-20(14-17)31-2)21-22(27-28-23(21)25(29)30)16-8-10-18(26)11-9-16/h3-14,24H,1-2H3,(H,27,28)/t24-/m0/s1. The Morgan fingerprint density at radius 3 is 2.48 bits per heavy atom. The average Bonchev–Trinajstić information content (AvgIpc) is 3.34. The lowest BCUT2D eigenvalue weighted by molar-refractivity contribution is 0.0988. The number of ether oxygens (including phenoxy) is 1. The Bertz CT molecular complexity index is 1260. The van der Waals surface area contributed by atoms with E-state index in [-0.39, 0.29) is 11.9 Å². The van der Waals surface area contributed by atoms with E-state index in [9.17, 15) is 4.79 Å². The van der Waals surface area contributed by atoms with Gasteiger partial charge in [-0.15, -0.1) is 0 Å². The van der Waals surface area contributed by atoms with Crippen molar-refractivity contribution in [2.24, 2.45) is 0 Å². The molecule has 31 heavy (non-hydrogen) atoms. The van der Waals surface area contributed by atoms with Crippen LogP contribution in [-0.2, 0) is 0 Å². The van der Waals surface area contributed by atoms with Gasteiger partial charge in [0.2, 0.25) is 0 Å². The Morgan fingerprint density at radius 2 is 1.77 bits per heavy atom. The summed E-state index contributed by atoms with van der Waals surface area (Å²) in [6.07, 6.45) is 0. The van der Waals surface area contributed by atoms with Gasteiger partial charge < -0.3 is 4.74 Å². The predicted molar refractivity (Wildman–Crippen MR) is 122 cm³/mol. The van der Waals surface area contributed by atoms with Gasteiger partial charge in [0, 0.05) is 21.8 Å². The smallest absolute Gasteiger partial charge is 0.277 e. The van der Waals surface area contributed by atoms with Gasteiger partial charge in [0.15, 0.2) is 0 Å². The molecule has 1 aliphatic rings. The summed E-state index contributed by atoms with van der Waals surface area (Å²) in [5.74, 6) is 0.623. The van der Waals surface area contributed by atoms with E-state index in [4.69, 9.17) is 16.3 Å². The second-order valence-corrected chi connectivity index (χ2v) is 7.99. The van der Waals surface area contributed by atoms with Crippen LogP contribution >= 0.6 is 11.6 Å². The number of aromatic nitrogens is 2. The molecule has 5 nitrogen and oxygen atoms in total. The molecule has 6 heteroatoms. The zero-order chi connectivity index (χ0) is 21.5. The van der Waals surface area contributed by atoms with Gasteiger partial charge in [-0.25, -0.2) is 0 Å². The topological polar surface area (TPSA) is 58.2 Å². The first-order valence-corrected chi connectivity index (χ1v) is 10.3. The first kappa shape index (κ1) is 19.4. The van der Waals surface area contributed by atoms with E-state index in [0.717, 1.165) is 39.4 Å². The lowest BCUT2D eigenvalue weighted by Crippen LogP contribution is -2.29. The second kappa shape index (κ2) is 7.60. The molecule has 1 amide bonds. The fourth-order valence-corrected chi connectivity index (χ4v) is 4.20. The van der Waals surface area contributed by atoms with E-state index in [0.29, 0.717) is 10.7 Å². The summed E-state index contributed by atoms with van der Waals surface area (Å²) in [4.78, 5) is 15.3. The zero-order valence-electron chi connectivity index (χ0n) is 17.1. The molecule has 0 spiro atoms. The summed E-state index contributed by atoms with van der Waals surface area (Å²) in [5.41, 5.74) is 5.89. The molecule has 1 aliphatic heterocycles. The van der Waals surface area contributed by atoms with Gasteiger partial charge >= 0.3 is 0 Å². The summed E-state index contributed by atoms with van der Waals surface area (Å²) in [5, 5.41) is 8.14. The number of rotatable bonds is 4. The molecule has 0 saturated carbocycles. The maximum Gasteiger partial charge on any atom is 0.277 e. The SMILES string of the molecule is COc1cccc([C@H]2c3c(-c4ccc(Cl)cc4)n[nH]c3C(=O)N2c2ccc(C)cc2)c1. The average molecular weight is 430 g/mol. The number of nitrogens with one attached hydrogen (secondary N) is 1. The molecule has 0 bridgehead atoms. The van der Waals surface area contributed by atoms with E-state index in [1.165, 1.54) is 0 Å². The molecule has 1 N–H and O–H groups in total. The number of anilines is 1. The van der Waals surface area contributed by atoms with Crippen molar-refractivity contribution in [1.82, 2.24) is 10.2 Å². The van der Waals surface area contributed by atoms with Crippen LogP contribution in [0, 0.1) is 6.92 Å². The van der Waals surface area contributed by atoms with Gasteiger partial charge in [-0.3, -0.25) is 14.8 Å². The molecule has 2 heterocycles. The van der Waals surface area contributed by atoms with Crippen LogP contribution in [0.4, 0.5) is 5.69 Å².